The molecule has 0 aliphatic carbocycles. The summed E-state index contributed by atoms with van der Waals surface area (Å²) in [5.41, 5.74) is 2.09. The summed E-state index contributed by atoms with van der Waals surface area (Å²) < 4.78 is 2.03. The first-order valence-electron chi connectivity index (χ1n) is 4.97. The van der Waals surface area contributed by atoms with Gasteiger partial charge in [-0.2, -0.15) is 0 Å². The van der Waals surface area contributed by atoms with Gasteiger partial charge in [-0.25, -0.2) is 4.98 Å². The minimum atomic E-state index is 0.139. The lowest BCUT2D eigenvalue weighted by Crippen LogP contribution is -2.24. The number of aliphatic hydroxyl groups is 1. The lowest BCUT2D eigenvalue weighted by Gasteiger charge is -2.16. The third kappa shape index (κ3) is 1.68. The molecule has 0 fully saturated rings. The maximum Gasteiger partial charge on any atom is 0.206 e. The molecule has 0 unspecified atom stereocenters. The van der Waals surface area contributed by atoms with Crippen LogP contribution in [0, 0.1) is 0 Å². The average molecular weight is 205 g/mol. The Bertz CT molecular complexity index is 464. The second kappa shape index (κ2) is 3.90. The fourth-order valence-electron chi connectivity index (χ4n) is 1.72. The number of para-hydroxylation sites is 2. The van der Waals surface area contributed by atoms with Gasteiger partial charge in [-0.15, -0.1) is 0 Å². The maximum absolute atomic E-state index is 8.89. The number of aliphatic hydroxyl groups excluding tert-OH is 1. The summed E-state index contributed by atoms with van der Waals surface area (Å²) in [5.74, 6) is 0.880. The monoisotopic (exact) mass is 205 g/mol. The Hall–Kier alpha value is -1.55. The smallest absolute Gasteiger partial charge is 0.206 e. The van der Waals surface area contributed by atoms with Crippen LogP contribution < -0.4 is 4.90 Å². The Kier molecular flexibility index (Phi) is 2.60. The van der Waals surface area contributed by atoms with Crippen molar-refractivity contribution in [2.75, 3.05) is 25.1 Å². The van der Waals surface area contributed by atoms with Crippen LogP contribution in [-0.2, 0) is 7.05 Å². The molecule has 4 nitrogen and oxygen atoms in total. The molecule has 0 radical (unpaired) electrons. The van der Waals surface area contributed by atoms with Gasteiger partial charge in [0.15, 0.2) is 0 Å². The third-order valence-electron chi connectivity index (χ3n) is 2.54. The fourth-order valence-corrected chi connectivity index (χ4v) is 1.72. The summed E-state index contributed by atoms with van der Waals surface area (Å²) in [4.78, 5) is 6.45. The maximum atomic E-state index is 8.89. The fraction of sp³-hybridized carbons (Fsp3) is 0.364. The molecule has 2 rings (SSSR count). The number of likely N-dealkylation sites (N-methyl/N-ethyl adjacent to an activating group) is 1. The molecule has 0 spiro atoms. The van der Waals surface area contributed by atoms with Gasteiger partial charge in [0, 0.05) is 20.6 Å². The summed E-state index contributed by atoms with van der Waals surface area (Å²) in [6.45, 7) is 0.733. The van der Waals surface area contributed by atoms with Gasteiger partial charge in [0.1, 0.15) is 0 Å². The van der Waals surface area contributed by atoms with Crippen molar-refractivity contribution < 1.29 is 5.11 Å². The normalized spacial score (nSPS) is 10.9. The highest BCUT2D eigenvalue weighted by atomic mass is 16.3. The van der Waals surface area contributed by atoms with Crippen LogP contribution >= 0.6 is 0 Å². The van der Waals surface area contributed by atoms with Crippen molar-refractivity contribution in [2.24, 2.45) is 7.05 Å². The van der Waals surface area contributed by atoms with Gasteiger partial charge < -0.3 is 14.6 Å². The molecule has 0 bridgehead atoms. The predicted octanol–water partition coefficient (Wildman–Crippen LogP) is 1.00. The van der Waals surface area contributed by atoms with Crippen molar-refractivity contribution in [3.63, 3.8) is 0 Å². The molecule has 4 heteroatoms. The van der Waals surface area contributed by atoms with Crippen LogP contribution in [0.2, 0.25) is 0 Å². The van der Waals surface area contributed by atoms with Gasteiger partial charge in [0.2, 0.25) is 5.95 Å². The number of hydrogen-bond donors (Lipinski definition) is 1. The van der Waals surface area contributed by atoms with Crippen molar-refractivity contribution in [3.8, 4) is 0 Å². The second-order valence-electron chi connectivity index (χ2n) is 3.60. The van der Waals surface area contributed by atoms with Crippen molar-refractivity contribution in [1.29, 1.82) is 0 Å². The number of benzene rings is 1. The highest BCUT2D eigenvalue weighted by Crippen LogP contribution is 2.19. The van der Waals surface area contributed by atoms with E-state index in [0.29, 0.717) is 6.54 Å². The van der Waals surface area contributed by atoms with Crippen LogP contribution in [-0.4, -0.2) is 34.9 Å². The molecule has 1 aromatic carbocycles. The van der Waals surface area contributed by atoms with Crippen molar-refractivity contribution in [1.82, 2.24) is 9.55 Å². The van der Waals surface area contributed by atoms with Crippen LogP contribution in [0.4, 0.5) is 5.95 Å². The van der Waals surface area contributed by atoms with Crippen LogP contribution in [0.5, 0.6) is 0 Å². The van der Waals surface area contributed by atoms with E-state index in [-0.39, 0.29) is 6.61 Å². The van der Waals surface area contributed by atoms with Crippen molar-refractivity contribution in [3.05, 3.63) is 24.3 Å². The van der Waals surface area contributed by atoms with E-state index in [2.05, 4.69) is 4.98 Å². The predicted molar refractivity (Wildman–Crippen MR) is 61.1 cm³/mol. The number of rotatable bonds is 3. The number of aromatic nitrogens is 2. The van der Waals surface area contributed by atoms with Gasteiger partial charge in [-0.05, 0) is 12.1 Å². The molecule has 1 aromatic heterocycles. The van der Waals surface area contributed by atoms with E-state index in [0.717, 1.165) is 17.0 Å². The molecule has 2 aromatic rings. The minimum absolute atomic E-state index is 0.139. The number of anilines is 1. The van der Waals surface area contributed by atoms with E-state index in [9.17, 15) is 0 Å². The van der Waals surface area contributed by atoms with Crippen molar-refractivity contribution in [2.45, 2.75) is 0 Å². The average Bonchev–Trinajstić information content (AvgIpc) is 2.57. The van der Waals surface area contributed by atoms with Crippen LogP contribution in [0.25, 0.3) is 11.0 Å². The summed E-state index contributed by atoms with van der Waals surface area (Å²) >= 11 is 0. The van der Waals surface area contributed by atoms with E-state index in [1.807, 2.05) is 47.8 Å². The molecule has 1 N–H and O–H groups in total. The minimum Gasteiger partial charge on any atom is -0.395 e. The van der Waals surface area contributed by atoms with Crippen LogP contribution in [0.1, 0.15) is 0 Å². The zero-order valence-electron chi connectivity index (χ0n) is 9.01. The summed E-state index contributed by atoms with van der Waals surface area (Å²) in [5, 5.41) is 8.89. The van der Waals surface area contributed by atoms with E-state index >= 15 is 0 Å². The zero-order valence-corrected chi connectivity index (χ0v) is 9.01. The Morgan fingerprint density at radius 2 is 2.13 bits per heavy atom. The first-order chi connectivity index (χ1) is 7.24. The topological polar surface area (TPSA) is 41.3 Å². The van der Waals surface area contributed by atoms with Gasteiger partial charge >= 0.3 is 0 Å². The number of imidazole rings is 1. The lowest BCUT2D eigenvalue weighted by atomic mass is 10.3. The standard InChI is InChI=1S/C11H15N3O/c1-13(7-8-15)11-12-9-5-3-4-6-10(9)14(11)2/h3-6,15H,7-8H2,1-2H3. The molecule has 15 heavy (non-hydrogen) atoms. The van der Waals surface area contributed by atoms with Gasteiger partial charge in [0.05, 0.1) is 17.6 Å². The Morgan fingerprint density at radius 1 is 1.40 bits per heavy atom. The first kappa shape index (κ1) is 9.98. The number of nitrogens with zero attached hydrogens (tertiary/aromatic N) is 3. The summed E-state index contributed by atoms with van der Waals surface area (Å²) in [7, 11) is 3.91. The quantitative estimate of drug-likeness (QED) is 0.812. The lowest BCUT2D eigenvalue weighted by molar-refractivity contribution is 0.303. The molecule has 0 aliphatic rings. The largest absolute Gasteiger partial charge is 0.395 e. The van der Waals surface area contributed by atoms with E-state index in [1.165, 1.54) is 0 Å². The Morgan fingerprint density at radius 3 is 2.80 bits per heavy atom. The molecule has 0 saturated carbocycles. The SMILES string of the molecule is CN(CCO)c1nc2ccccc2n1C. The Balaban J connectivity index is 2.48. The van der Waals surface area contributed by atoms with Gasteiger partial charge in [-0.1, -0.05) is 12.1 Å². The molecular weight excluding hydrogens is 190 g/mol. The second-order valence-corrected chi connectivity index (χ2v) is 3.60. The summed E-state index contributed by atoms with van der Waals surface area (Å²) in [6, 6.07) is 8.01. The molecule has 80 valence electrons. The molecule has 0 amide bonds. The van der Waals surface area contributed by atoms with Gasteiger partial charge in [-0.3, -0.25) is 0 Å². The number of fused-ring (bicyclic) bond motifs is 1. The molecule has 0 atom stereocenters. The van der Waals surface area contributed by atoms with E-state index in [1.54, 1.807) is 0 Å². The molecule has 0 saturated heterocycles. The molecule has 0 aliphatic heterocycles. The Labute approximate surface area is 88.8 Å². The van der Waals surface area contributed by atoms with Crippen LogP contribution in [0.15, 0.2) is 24.3 Å². The van der Waals surface area contributed by atoms with Crippen molar-refractivity contribution >= 4 is 17.0 Å². The first-order valence-corrected chi connectivity index (χ1v) is 4.97. The van der Waals surface area contributed by atoms with E-state index in [4.69, 9.17) is 5.11 Å². The van der Waals surface area contributed by atoms with Gasteiger partial charge in [0.25, 0.3) is 0 Å². The number of hydrogen-bond acceptors (Lipinski definition) is 3. The summed E-state index contributed by atoms with van der Waals surface area (Å²) in [6.07, 6.45) is 0. The van der Waals surface area contributed by atoms with Crippen LogP contribution in [0.3, 0.4) is 0 Å². The molecular formula is C11H15N3O. The third-order valence-corrected chi connectivity index (χ3v) is 2.54. The number of aryl methyl sites for hydroxylation is 1. The van der Waals surface area contributed by atoms with E-state index < -0.39 is 0 Å². The highest BCUT2D eigenvalue weighted by molar-refractivity contribution is 5.78. The zero-order chi connectivity index (χ0) is 10.8. The highest BCUT2D eigenvalue weighted by Gasteiger charge is 2.10. The molecule has 1 heterocycles.